The molecule has 20 heavy (non-hydrogen) atoms. The summed E-state index contributed by atoms with van der Waals surface area (Å²) in [6.45, 7) is 5.01. The van der Waals surface area contributed by atoms with Crippen molar-refractivity contribution in [3.8, 4) is 0 Å². The van der Waals surface area contributed by atoms with Crippen LogP contribution < -0.4 is 5.32 Å². The zero-order valence-corrected chi connectivity index (χ0v) is 12.2. The number of rotatable bonds is 5. The van der Waals surface area contributed by atoms with Gasteiger partial charge < -0.3 is 5.32 Å². The number of benzene rings is 1. The van der Waals surface area contributed by atoms with Crippen LogP contribution in [0.25, 0.3) is 0 Å². The standard InChI is InChI=1S/C15H16F2N2S/c1-3-18-10(2)11-6-7-19-15(8-11)20-12-4-5-13(16)14(17)9-12/h4-10,18H,3H2,1-2H3. The summed E-state index contributed by atoms with van der Waals surface area (Å²) in [6, 6.07) is 7.99. The molecule has 0 aliphatic carbocycles. The predicted molar refractivity (Wildman–Crippen MR) is 76.8 cm³/mol. The largest absolute Gasteiger partial charge is 0.310 e. The number of nitrogens with zero attached hydrogens (tertiary/aromatic N) is 1. The first-order valence-corrected chi connectivity index (χ1v) is 7.24. The Kier molecular flexibility index (Phi) is 5.09. The second kappa shape index (κ2) is 6.81. The van der Waals surface area contributed by atoms with Crippen molar-refractivity contribution in [3.63, 3.8) is 0 Å². The van der Waals surface area contributed by atoms with Gasteiger partial charge in [-0.25, -0.2) is 13.8 Å². The van der Waals surface area contributed by atoms with Gasteiger partial charge >= 0.3 is 0 Å². The molecule has 5 heteroatoms. The van der Waals surface area contributed by atoms with Gasteiger partial charge in [-0.15, -0.1) is 0 Å². The third kappa shape index (κ3) is 3.77. The molecule has 0 saturated heterocycles. The monoisotopic (exact) mass is 294 g/mol. The minimum atomic E-state index is -0.841. The van der Waals surface area contributed by atoms with Crippen molar-refractivity contribution < 1.29 is 8.78 Å². The van der Waals surface area contributed by atoms with Gasteiger partial charge in [-0.2, -0.15) is 0 Å². The van der Waals surface area contributed by atoms with Crippen LogP contribution in [0.4, 0.5) is 8.78 Å². The lowest BCUT2D eigenvalue weighted by atomic mass is 10.1. The van der Waals surface area contributed by atoms with E-state index in [1.54, 1.807) is 12.3 Å². The van der Waals surface area contributed by atoms with Crippen LogP contribution in [0, 0.1) is 11.6 Å². The first kappa shape index (κ1) is 14.9. The van der Waals surface area contributed by atoms with E-state index in [-0.39, 0.29) is 6.04 Å². The lowest BCUT2D eigenvalue weighted by Crippen LogP contribution is -2.17. The molecule has 0 aliphatic heterocycles. The van der Waals surface area contributed by atoms with Crippen molar-refractivity contribution in [2.75, 3.05) is 6.54 Å². The van der Waals surface area contributed by atoms with Crippen LogP contribution in [0.5, 0.6) is 0 Å². The van der Waals surface area contributed by atoms with Crippen molar-refractivity contribution in [1.82, 2.24) is 10.3 Å². The average molecular weight is 294 g/mol. The molecule has 0 bridgehead atoms. The van der Waals surface area contributed by atoms with Crippen molar-refractivity contribution in [2.24, 2.45) is 0 Å². The van der Waals surface area contributed by atoms with Gasteiger partial charge in [0.2, 0.25) is 0 Å². The lowest BCUT2D eigenvalue weighted by molar-refractivity contribution is 0.506. The zero-order valence-electron chi connectivity index (χ0n) is 11.4. The van der Waals surface area contributed by atoms with Crippen LogP contribution in [0.1, 0.15) is 25.5 Å². The third-order valence-corrected chi connectivity index (χ3v) is 3.80. The van der Waals surface area contributed by atoms with Crippen LogP contribution in [-0.2, 0) is 0 Å². The fourth-order valence-electron chi connectivity index (χ4n) is 1.84. The number of pyridine rings is 1. The smallest absolute Gasteiger partial charge is 0.159 e. The van der Waals surface area contributed by atoms with E-state index in [2.05, 4.69) is 24.1 Å². The third-order valence-electron chi connectivity index (χ3n) is 2.88. The van der Waals surface area contributed by atoms with E-state index in [1.165, 1.54) is 17.8 Å². The Balaban J connectivity index is 2.16. The molecule has 2 rings (SSSR count). The molecule has 0 radical (unpaired) electrons. The topological polar surface area (TPSA) is 24.9 Å². The SMILES string of the molecule is CCNC(C)c1ccnc(Sc2ccc(F)c(F)c2)c1. The molecule has 0 saturated carbocycles. The Morgan fingerprint density at radius 3 is 2.70 bits per heavy atom. The summed E-state index contributed by atoms with van der Waals surface area (Å²) in [4.78, 5) is 4.88. The first-order valence-electron chi connectivity index (χ1n) is 6.42. The van der Waals surface area contributed by atoms with E-state index < -0.39 is 11.6 Å². The van der Waals surface area contributed by atoms with Crippen molar-refractivity contribution in [2.45, 2.75) is 29.8 Å². The highest BCUT2D eigenvalue weighted by Gasteiger charge is 2.08. The van der Waals surface area contributed by atoms with Crippen molar-refractivity contribution in [3.05, 3.63) is 53.7 Å². The molecule has 1 aromatic carbocycles. The van der Waals surface area contributed by atoms with Gasteiger partial charge in [-0.1, -0.05) is 18.7 Å². The summed E-state index contributed by atoms with van der Waals surface area (Å²) in [5, 5.41) is 4.09. The van der Waals surface area contributed by atoms with Crippen molar-refractivity contribution >= 4 is 11.8 Å². The molecule has 1 N–H and O–H groups in total. The van der Waals surface area contributed by atoms with Crippen LogP contribution >= 0.6 is 11.8 Å². The van der Waals surface area contributed by atoms with Crippen molar-refractivity contribution in [1.29, 1.82) is 0 Å². The number of halogens is 2. The minimum absolute atomic E-state index is 0.229. The number of hydrogen-bond acceptors (Lipinski definition) is 3. The summed E-state index contributed by atoms with van der Waals surface area (Å²) in [5.74, 6) is -1.68. The number of hydrogen-bond donors (Lipinski definition) is 1. The van der Waals surface area contributed by atoms with Gasteiger partial charge in [0.1, 0.15) is 5.03 Å². The van der Waals surface area contributed by atoms with Gasteiger partial charge in [-0.3, -0.25) is 0 Å². The quantitative estimate of drug-likeness (QED) is 0.895. The Morgan fingerprint density at radius 1 is 1.20 bits per heavy atom. The van der Waals surface area contributed by atoms with Crippen LogP contribution in [0.15, 0.2) is 46.5 Å². The van der Waals surface area contributed by atoms with Gasteiger partial charge in [0.05, 0.1) is 0 Å². The molecule has 0 amide bonds. The van der Waals surface area contributed by atoms with Gasteiger partial charge in [0.25, 0.3) is 0 Å². The fourth-order valence-corrected chi connectivity index (χ4v) is 2.68. The minimum Gasteiger partial charge on any atom is -0.310 e. The van der Waals surface area contributed by atoms with Gasteiger partial charge in [-0.05, 0) is 49.4 Å². The molecule has 1 unspecified atom stereocenters. The molecular formula is C15H16F2N2S. The molecule has 0 spiro atoms. The summed E-state index contributed by atoms with van der Waals surface area (Å²) in [6.07, 6.45) is 1.73. The average Bonchev–Trinajstić information content (AvgIpc) is 2.43. The summed E-state index contributed by atoms with van der Waals surface area (Å²) >= 11 is 1.31. The summed E-state index contributed by atoms with van der Waals surface area (Å²) < 4.78 is 26.1. The van der Waals surface area contributed by atoms with Crippen LogP contribution in [0.3, 0.4) is 0 Å². The maximum atomic E-state index is 13.2. The van der Waals surface area contributed by atoms with E-state index in [0.717, 1.165) is 23.2 Å². The Bertz CT molecular complexity index is 590. The second-order valence-electron chi connectivity index (χ2n) is 4.38. The van der Waals surface area contributed by atoms with Crippen LogP contribution in [0.2, 0.25) is 0 Å². The molecule has 1 aromatic heterocycles. The van der Waals surface area contributed by atoms with E-state index >= 15 is 0 Å². The molecule has 2 aromatic rings. The number of nitrogens with one attached hydrogen (secondary N) is 1. The second-order valence-corrected chi connectivity index (χ2v) is 5.48. The lowest BCUT2D eigenvalue weighted by Gasteiger charge is -2.13. The van der Waals surface area contributed by atoms with E-state index in [1.807, 2.05) is 12.1 Å². The summed E-state index contributed by atoms with van der Waals surface area (Å²) in [7, 11) is 0. The fraction of sp³-hybridized carbons (Fsp3) is 0.267. The molecule has 1 atom stereocenters. The van der Waals surface area contributed by atoms with E-state index in [0.29, 0.717) is 4.90 Å². The van der Waals surface area contributed by atoms with E-state index in [9.17, 15) is 8.78 Å². The highest BCUT2D eigenvalue weighted by molar-refractivity contribution is 7.99. The molecule has 0 aliphatic rings. The first-order chi connectivity index (χ1) is 9.60. The van der Waals surface area contributed by atoms with Crippen LogP contribution in [-0.4, -0.2) is 11.5 Å². The Hall–Kier alpha value is -1.46. The summed E-state index contributed by atoms with van der Waals surface area (Å²) in [5.41, 5.74) is 1.12. The maximum absolute atomic E-state index is 13.2. The normalized spacial score (nSPS) is 12.4. The van der Waals surface area contributed by atoms with Gasteiger partial charge in [0, 0.05) is 17.1 Å². The molecule has 0 fully saturated rings. The zero-order chi connectivity index (χ0) is 14.5. The highest BCUT2D eigenvalue weighted by Crippen LogP contribution is 2.28. The Morgan fingerprint density at radius 2 is 2.00 bits per heavy atom. The molecule has 106 valence electrons. The predicted octanol–water partition coefficient (Wildman–Crippen LogP) is 4.18. The maximum Gasteiger partial charge on any atom is 0.159 e. The highest BCUT2D eigenvalue weighted by atomic mass is 32.2. The van der Waals surface area contributed by atoms with E-state index in [4.69, 9.17) is 0 Å². The van der Waals surface area contributed by atoms with Gasteiger partial charge in [0.15, 0.2) is 11.6 Å². The molecule has 2 nitrogen and oxygen atoms in total. The molecule has 1 heterocycles. The molecular weight excluding hydrogens is 278 g/mol. The number of aromatic nitrogens is 1. The Labute approximate surface area is 121 Å².